The number of hydrogen-bond acceptors (Lipinski definition) is 4. The first-order valence-corrected chi connectivity index (χ1v) is 8.37. The van der Waals surface area contributed by atoms with Crippen molar-refractivity contribution in [3.05, 3.63) is 35.9 Å². The zero-order chi connectivity index (χ0) is 18.0. The zero-order valence-electron chi connectivity index (χ0n) is 15.2. The number of rotatable bonds is 3. The maximum atomic E-state index is 12.5. The van der Waals surface area contributed by atoms with Crippen LogP contribution in [0.5, 0.6) is 0 Å². The molecule has 1 aliphatic rings. The lowest BCUT2D eigenvalue weighted by molar-refractivity contribution is -0.149. The fraction of sp³-hybridized carbons (Fsp3) is 0.579. The van der Waals surface area contributed by atoms with Gasteiger partial charge >= 0.3 is 12.1 Å². The third kappa shape index (κ3) is 3.89. The fourth-order valence-corrected chi connectivity index (χ4v) is 3.15. The number of amides is 1. The van der Waals surface area contributed by atoms with Crippen molar-refractivity contribution >= 4 is 12.1 Å². The minimum absolute atomic E-state index is 0.269. The Morgan fingerprint density at radius 2 is 1.88 bits per heavy atom. The summed E-state index contributed by atoms with van der Waals surface area (Å²) in [6.07, 6.45) is -0.392. The summed E-state index contributed by atoms with van der Waals surface area (Å²) in [7, 11) is 0. The minimum Gasteiger partial charge on any atom is -0.466 e. The fourth-order valence-electron chi connectivity index (χ4n) is 3.15. The number of hydrogen-bond donors (Lipinski definition) is 0. The molecule has 0 aromatic heterocycles. The standard InChI is InChI=1S/C19H27NO4/c1-6-23-16(21)15-12-20(17(22)24-18(2,3)4)13-19(15,5)14-10-8-7-9-11-14/h7-11,15H,6,12-13H2,1-5H3. The van der Waals surface area contributed by atoms with Gasteiger partial charge in [-0.15, -0.1) is 0 Å². The van der Waals surface area contributed by atoms with Gasteiger partial charge in [-0.1, -0.05) is 37.3 Å². The molecule has 0 saturated carbocycles. The molecule has 0 N–H and O–H groups in total. The van der Waals surface area contributed by atoms with E-state index in [1.807, 2.05) is 58.0 Å². The maximum Gasteiger partial charge on any atom is 0.410 e. The Kier molecular flexibility index (Phi) is 5.21. The molecule has 0 aliphatic carbocycles. The Morgan fingerprint density at radius 1 is 1.25 bits per heavy atom. The lowest BCUT2D eigenvalue weighted by Crippen LogP contribution is -2.38. The van der Waals surface area contributed by atoms with E-state index in [1.54, 1.807) is 11.8 Å². The topological polar surface area (TPSA) is 55.8 Å². The number of ether oxygens (including phenoxy) is 2. The first-order valence-electron chi connectivity index (χ1n) is 8.37. The first kappa shape index (κ1) is 18.3. The van der Waals surface area contributed by atoms with Crippen LogP contribution in [0.1, 0.15) is 40.2 Å². The predicted octanol–water partition coefficient (Wildman–Crippen LogP) is 3.37. The molecule has 1 aromatic carbocycles. The first-order chi connectivity index (χ1) is 11.2. The molecule has 1 amide bonds. The van der Waals surface area contributed by atoms with Crippen molar-refractivity contribution in [2.45, 2.75) is 45.6 Å². The number of benzene rings is 1. The van der Waals surface area contributed by atoms with Gasteiger partial charge in [0.15, 0.2) is 0 Å². The molecule has 2 rings (SSSR count). The van der Waals surface area contributed by atoms with Gasteiger partial charge in [0.25, 0.3) is 0 Å². The van der Waals surface area contributed by atoms with Gasteiger partial charge < -0.3 is 14.4 Å². The minimum atomic E-state index is -0.567. The van der Waals surface area contributed by atoms with Crippen molar-refractivity contribution in [3.8, 4) is 0 Å². The predicted molar refractivity (Wildman–Crippen MR) is 91.7 cm³/mol. The largest absolute Gasteiger partial charge is 0.466 e. The second kappa shape index (κ2) is 6.83. The molecule has 5 nitrogen and oxygen atoms in total. The zero-order valence-corrected chi connectivity index (χ0v) is 15.2. The molecule has 2 atom stereocenters. The van der Waals surface area contributed by atoms with Crippen molar-refractivity contribution in [3.63, 3.8) is 0 Å². The van der Waals surface area contributed by atoms with E-state index in [2.05, 4.69) is 0 Å². The van der Waals surface area contributed by atoms with Crippen LogP contribution in [-0.4, -0.2) is 42.3 Å². The molecule has 1 saturated heterocycles. The molecular formula is C19H27NO4. The molecule has 132 valence electrons. The third-order valence-corrected chi connectivity index (χ3v) is 4.35. The Morgan fingerprint density at radius 3 is 2.42 bits per heavy atom. The summed E-state index contributed by atoms with van der Waals surface area (Å²) >= 11 is 0. The van der Waals surface area contributed by atoms with E-state index < -0.39 is 23.0 Å². The van der Waals surface area contributed by atoms with E-state index >= 15 is 0 Å². The number of carbonyl (C=O) groups is 2. The van der Waals surface area contributed by atoms with Crippen molar-refractivity contribution in [1.82, 2.24) is 4.90 Å². The summed E-state index contributed by atoms with van der Waals surface area (Å²) in [6.45, 7) is 10.4. The Bertz CT molecular complexity index is 593. The molecule has 0 bridgehead atoms. The molecule has 5 heteroatoms. The SMILES string of the molecule is CCOC(=O)C1CN(C(=O)OC(C)(C)C)CC1(C)c1ccccc1. The van der Waals surface area contributed by atoms with Crippen molar-refractivity contribution < 1.29 is 19.1 Å². The van der Waals surface area contributed by atoms with Crippen LogP contribution >= 0.6 is 0 Å². The monoisotopic (exact) mass is 333 g/mol. The molecule has 1 aliphatic heterocycles. The molecule has 1 aromatic rings. The second-order valence-corrected chi connectivity index (χ2v) is 7.45. The Balaban J connectivity index is 2.30. The third-order valence-electron chi connectivity index (χ3n) is 4.35. The summed E-state index contributed by atoms with van der Waals surface area (Å²) in [5.41, 5.74) is -0.0405. The molecule has 1 fully saturated rings. The average Bonchev–Trinajstić information content (AvgIpc) is 2.86. The van der Waals surface area contributed by atoms with Crippen LogP contribution in [0.4, 0.5) is 4.79 Å². The number of esters is 1. The van der Waals surface area contributed by atoms with Crippen LogP contribution in [0, 0.1) is 5.92 Å². The molecule has 2 unspecified atom stereocenters. The van der Waals surface area contributed by atoms with Crippen LogP contribution in [0.3, 0.4) is 0 Å². The summed E-state index contributed by atoms with van der Waals surface area (Å²) in [6, 6.07) is 9.81. The van der Waals surface area contributed by atoms with Crippen molar-refractivity contribution in [1.29, 1.82) is 0 Å². The lowest BCUT2D eigenvalue weighted by Gasteiger charge is -2.30. The van der Waals surface area contributed by atoms with Crippen LogP contribution < -0.4 is 0 Å². The average molecular weight is 333 g/mol. The van der Waals surface area contributed by atoms with Crippen molar-refractivity contribution in [2.75, 3.05) is 19.7 Å². The Labute approximate surface area is 143 Å². The Hall–Kier alpha value is -2.04. The quantitative estimate of drug-likeness (QED) is 0.796. The van der Waals surface area contributed by atoms with Gasteiger partial charge in [-0.3, -0.25) is 4.79 Å². The number of likely N-dealkylation sites (tertiary alicyclic amines) is 1. The molecule has 24 heavy (non-hydrogen) atoms. The highest BCUT2D eigenvalue weighted by Gasteiger charge is 2.50. The highest BCUT2D eigenvalue weighted by molar-refractivity contribution is 5.78. The van der Waals surface area contributed by atoms with Gasteiger partial charge in [0.05, 0.1) is 12.5 Å². The molecule has 0 spiro atoms. The van der Waals surface area contributed by atoms with Gasteiger partial charge in [-0.05, 0) is 33.3 Å². The lowest BCUT2D eigenvalue weighted by atomic mass is 9.74. The van der Waals surface area contributed by atoms with E-state index in [-0.39, 0.29) is 5.97 Å². The van der Waals surface area contributed by atoms with E-state index in [4.69, 9.17) is 9.47 Å². The van der Waals surface area contributed by atoms with Gasteiger partial charge in [-0.2, -0.15) is 0 Å². The molecule has 1 heterocycles. The summed E-state index contributed by atoms with van der Waals surface area (Å²) in [5, 5.41) is 0. The van der Waals surface area contributed by atoms with Crippen LogP contribution in [0.2, 0.25) is 0 Å². The van der Waals surface area contributed by atoms with Crippen LogP contribution in [0.15, 0.2) is 30.3 Å². The van der Waals surface area contributed by atoms with E-state index in [0.717, 1.165) is 5.56 Å². The maximum absolute atomic E-state index is 12.5. The van der Waals surface area contributed by atoms with Crippen LogP contribution in [0.25, 0.3) is 0 Å². The van der Waals surface area contributed by atoms with E-state index in [9.17, 15) is 9.59 Å². The van der Waals surface area contributed by atoms with Crippen LogP contribution in [-0.2, 0) is 19.7 Å². The van der Waals surface area contributed by atoms with Gasteiger partial charge in [0.1, 0.15) is 5.60 Å². The number of carbonyl (C=O) groups excluding carboxylic acids is 2. The molecule has 0 radical (unpaired) electrons. The normalized spacial score (nSPS) is 23.9. The van der Waals surface area contributed by atoms with Gasteiger partial charge in [0, 0.05) is 18.5 Å². The second-order valence-electron chi connectivity index (χ2n) is 7.45. The summed E-state index contributed by atoms with van der Waals surface area (Å²) < 4.78 is 10.7. The van der Waals surface area contributed by atoms with E-state index in [1.165, 1.54) is 0 Å². The highest BCUT2D eigenvalue weighted by Crippen LogP contribution is 2.40. The van der Waals surface area contributed by atoms with Gasteiger partial charge in [-0.25, -0.2) is 4.79 Å². The van der Waals surface area contributed by atoms with E-state index in [0.29, 0.717) is 19.7 Å². The summed E-state index contributed by atoms with van der Waals surface area (Å²) in [4.78, 5) is 26.6. The van der Waals surface area contributed by atoms with Gasteiger partial charge in [0.2, 0.25) is 0 Å². The number of nitrogens with zero attached hydrogens (tertiary/aromatic N) is 1. The smallest absolute Gasteiger partial charge is 0.410 e. The van der Waals surface area contributed by atoms with Crippen molar-refractivity contribution in [2.24, 2.45) is 5.92 Å². The summed E-state index contributed by atoms with van der Waals surface area (Å²) in [5.74, 6) is -0.678. The molecular weight excluding hydrogens is 306 g/mol. The highest BCUT2D eigenvalue weighted by atomic mass is 16.6.